The molecule has 22 heavy (non-hydrogen) atoms. The summed E-state index contributed by atoms with van der Waals surface area (Å²) in [4.78, 5) is 0. The highest BCUT2D eigenvalue weighted by Gasteiger charge is 2.17. The van der Waals surface area contributed by atoms with Crippen molar-refractivity contribution in [1.29, 1.82) is 0 Å². The van der Waals surface area contributed by atoms with Crippen molar-refractivity contribution < 1.29 is 13.5 Å². The van der Waals surface area contributed by atoms with Crippen molar-refractivity contribution in [2.75, 3.05) is 0 Å². The standard InChI is InChI=1S/C15H14F2N4O/c1-8-6-9(2)10(3)11(7-8)22-13-5-4-12-18-19-15(14(16)17)21(12)20-13/h4-7,14H,1-3H3. The Morgan fingerprint density at radius 3 is 2.59 bits per heavy atom. The highest BCUT2D eigenvalue weighted by atomic mass is 19.3. The fourth-order valence-corrected chi connectivity index (χ4v) is 2.20. The number of benzene rings is 1. The van der Waals surface area contributed by atoms with Crippen molar-refractivity contribution in [3.05, 3.63) is 46.8 Å². The summed E-state index contributed by atoms with van der Waals surface area (Å²) in [5.41, 5.74) is 3.37. The molecule has 0 amide bonds. The van der Waals surface area contributed by atoms with Crippen molar-refractivity contribution in [3.63, 3.8) is 0 Å². The number of fused-ring (bicyclic) bond motifs is 1. The van der Waals surface area contributed by atoms with Gasteiger partial charge in [0.2, 0.25) is 11.7 Å². The fraction of sp³-hybridized carbons (Fsp3) is 0.267. The molecular formula is C15H14F2N4O. The van der Waals surface area contributed by atoms with Gasteiger partial charge in [-0.1, -0.05) is 6.07 Å². The quantitative estimate of drug-likeness (QED) is 0.739. The van der Waals surface area contributed by atoms with Crippen LogP contribution in [-0.4, -0.2) is 19.8 Å². The van der Waals surface area contributed by atoms with E-state index in [0.717, 1.165) is 21.2 Å². The maximum atomic E-state index is 12.9. The molecule has 0 saturated carbocycles. The normalized spacial score (nSPS) is 11.4. The molecule has 0 aliphatic carbocycles. The van der Waals surface area contributed by atoms with Gasteiger partial charge in [-0.15, -0.1) is 15.3 Å². The maximum Gasteiger partial charge on any atom is 0.299 e. The maximum absolute atomic E-state index is 12.9. The molecular weight excluding hydrogens is 290 g/mol. The van der Waals surface area contributed by atoms with Crippen LogP contribution in [0.2, 0.25) is 0 Å². The third-order valence-corrected chi connectivity index (χ3v) is 3.44. The van der Waals surface area contributed by atoms with E-state index in [2.05, 4.69) is 15.3 Å². The first-order valence-corrected chi connectivity index (χ1v) is 6.72. The third-order valence-electron chi connectivity index (χ3n) is 3.44. The van der Waals surface area contributed by atoms with Crippen LogP contribution in [0.4, 0.5) is 8.78 Å². The highest BCUT2D eigenvalue weighted by molar-refractivity contribution is 5.44. The van der Waals surface area contributed by atoms with Crippen LogP contribution >= 0.6 is 0 Å². The molecule has 2 heterocycles. The minimum Gasteiger partial charge on any atom is -0.437 e. The lowest BCUT2D eigenvalue weighted by Gasteiger charge is -2.11. The molecule has 0 saturated heterocycles. The molecule has 0 aliphatic rings. The Balaban J connectivity index is 2.02. The van der Waals surface area contributed by atoms with Crippen molar-refractivity contribution in [1.82, 2.24) is 19.8 Å². The summed E-state index contributed by atoms with van der Waals surface area (Å²) in [6.07, 6.45) is -2.75. The monoisotopic (exact) mass is 304 g/mol. The number of nitrogens with zero attached hydrogens (tertiary/aromatic N) is 4. The summed E-state index contributed by atoms with van der Waals surface area (Å²) in [7, 11) is 0. The van der Waals surface area contributed by atoms with Crippen LogP contribution in [0.25, 0.3) is 5.65 Å². The lowest BCUT2D eigenvalue weighted by atomic mass is 10.1. The van der Waals surface area contributed by atoms with Crippen LogP contribution in [0.15, 0.2) is 24.3 Å². The zero-order chi connectivity index (χ0) is 15.9. The number of hydrogen-bond donors (Lipinski definition) is 0. The topological polar surface area (TPSA) is 52.3 Å². The zero-order valence-corrected chi connectivity index (χ0v) is 12.3. The first-order chi connectivity index (χ1) is 10.5. The lowest BCUT2D eigenvalue weighted by molar-refractivity contribution is 0.137. The minimum atomic E-state index is -2.75. The van der Waals surface area contributed by atoms with E-state index in [9.17, 15) is 8.78 Å². The molecule has 3 rings (SSSR count). The average molecular weight is 304 g/mol. The Bertz CT molecular complexity index is 845. The highest BCUT2D eigenvalue weighted by Crippen LogP contribution is 2.28. The van der Waals surface area contributed by atoms with E-state index in [0.29, 0.717) is 5.75 Å². The van der Waals surface area contributed by atoms with Gasteiger partial charge >= 0.3 is 0 Å². The summed E-state index contributed by atoms with van der Waals surface area (Å²) in [6, 6.07) is 7.05. The van der Waals surface area contributed by atoms with Gasteiger partial charge in [0.15, 0.2) is 5.65 Å². The minimum absolute atomic E-state index is 0.210. The van der Waals surface area contributed by atoms with Gasteiger partial charge in [-0.2, -0.15) is 4.52 Å². The number of hydrogen-bond acceptors (Lipinski definition) is 4. The lowest BCUT2D eigenvalue weighted by Crippen LogP contribution is -2.01. The largest absolute Gasteiger partial charge is 0.437 e. The van der Waals surface area contributed by atoms with Gasteiger partial charge in [0, 0.05) is 6.07 Å². The molecule has 0 spiro atoms. The zero-order valence-electron chi connectivity index (χ0n) is 12.3. The number of ether oxygens (including phenoxy) is 1. The summed E-state index contributed by atoms with van der Waals surface area (Å²) in [5.74, 6) is 0.357. The molecule has 0 fully saturated rings. The fourth-order valence-electron chi connectivity index (χ4n) is 2.20. The molecule has 5 nitrogen and oxygen atoms in total. The molecule has 3 aromatic rings. The van der Waals surface area contributed by atoms with Crippen molar-refractivity contribution >= 4 is 5.65 Å². The van der Waals surface area contributed by atoms with Crippen LogP contribution in [0.3, 0.4) is 0 Å². The van der Waals surface area contributed by atoms with Crippen LogP contribution in [-0.2, 0) is 0 Å². The predicted molar refractivity (Wildman–Crippen MR) is 76.5 cm³/mol. The van der Waals surface area contributed by atoms with E-state index in [1.807, 2.05) is 32.9 Å². The Morgan fingerprint density at radius 1 is 1.09 bits per heavy atom. The Labute approximate surface area is 125 Å². The Morgan fingerprint density at radius 2 is 1.86 bits per heavy atom. The number of alkyl halides is 2. The molecule has 0 unspecified atom stereocenters. The van der Waals surface area contributed by atoms with Gasteiger partial charge in [0.25, 0.3) is 6.43 Å². The number of halogens is 2. The molecule has 0 N–H and O–H groups in total. The van der Waals surface area contributed by atoms with E-state index >= 15 is 0 Å². The van der Waals surface area contributed by atoms with Crippen LogP contribution in [0.5, 0.6) is 11.6 Å². The predicted octanol–water partition coefficient (Wildman–Crippen LogP) is 3.78. The van der Waals surface area contributed by atoms with E-state index in [-0.39, 0.29) is 11.5 Å². The summed E-state index contributed by atoms with van der Waals surface area (Å²) < 4.78 is 32.5. The Kier molecular flexibility index (Phi) is 3.48. The third kappa shape index (κ3) is 2.49. The van der Waals surface area contributed by atoms with Crippen LogP contribution in [0.1, 0.15) is 28.9 Å². The Hall–Kier alpha value is -2.57. The number of aromatic nitrogens is 4. The van der Waals surface area contributed by atoms with Crippen LogP contribution < -0.4 is 4.74 Å². The van der Waals surface area contributed by atoms with Crippen molar-refractivity contribution in [2.45, 2.75) is 27.2 Å². The molecule has 0 atom stereocenters. The SMILES string of the molecule is Cc1cc(C)c(C)c(Oc2ccc3nnc(C(F)F)n3n2)c1. The molecule has 2 aromatic heterocycles. The van der Waals surface area contributed by atoms with Gasteiger partial charge < -0.3 is 4.74 Å². The molecule has 0 bridgehead atoms. The second-order valence-electron chi connectivity index (χ2n) is 5.11. The first-order valence-electron chi connectivity index (χ1n) is 6.72. The summed E-state index contributed by atoms with van der Waals surface area (Å²) in [5, 5.41) is 11.1. The number of rotatable bonds is 3. The van der Waals surface area contributed by atoms with Gasteiger partial charge in [-0.05, 0) is 49.6 Å². The van der Waals surface area contributed by atoms with E-state index in [4.69, 9.17) is 4.74 Å². The second kappa shape index (κ2) is 5.32. The van der Waals surface area contributed by atoms with Gasteiger partial charge in [-0.3, -0.25) is 0 Å². The van der Waals surface area contributed by atoms with Gasteiger partial charge in [0.1, 0.15) is 5.75 Å². The second-order valence-corrected chi connectivity index (χ2v) is 5.11. The molecule has 7 heteroatoms. The van der Waals surface area contributed by atoms with E-state index in [1.54, 1.807) is 12.1 Å². The first kappa shape index (κ1) is 14.4. The van der Waals surface area contributed by atoms with E-state index in [1.165, 1.54) is 0 Å². The van der Waals surface area contributed by atoms with Crippen molar-refractivity contribution in [2.24, 2.45) is 0 Å². The van der Waals surface area contributed by atoms with Crippen molar-refractivity contribution in [3.8, 4) is 11.6 Å². The van der Waals surface area contributed by atoms with Gasteiger partial charge in [0.05, 0.1) is 0 Å². The molecule has 1 aromatic carbocycles. The summed E-state index contributed by atoms with van der Waals surface area (Å²) >= 11 is 0. The molecule has 0 aliphatic heterocycles. The molecule has 0 radical (unpaired) electrons. The van der Waals surface area contributed by atoms with Crippen LogP contribution in [0, 0.1) is 20.8 Å². The summed E-state index contributed by atoms with van der Waals surface area (Å²) in [6.45, 7) is 5.89. The average Bonchev–Trinajstić information content (AvgIpc) is 2.87. The number of aryl methyl sites for hydroxylation is 2. The smallest absolute Gasteiger partial charge is 0.299 e. The van der Waals surface area contributed by atoms with E-state index < -0.39 is 12.2 Å². The molecule has 114 valence electrons. The van der Waals surface area contributed by atoms with Gasteiger partial charge in [-0.25, -0.2) is 8.78 Å².